The van der Waals surface area contributed by atoms with Crippen molar-refractivity contribution in [2.45, 2.75) is 20.4 Å². The van der Waals surface area contributed by atoms with Crippen LogP contribution in [0, 0.1) is 13.8 Å². The predicted octanol–water partition coefficient (Wildman–Crippen LogP) is 3.53. The van der Waals surface area contributed by atoms with Gasteiger partial charge in [0.25, 0.3) is 0 Å². The summed E-state index contributed by atoms with van der Waals surface area (Å²) >= 11 is 0. The standard InChI is InChI=1S/C16H20N2/c1-12-4-9-16(13(2)10-12)18(3)15-7-5-14(11-17)6-8-15/h4-10H,11,17H2,1-3H3. The third-order valence-corrected chi connectivity index (χ3v) is 3.27. The Morgan fingerprint density at radius 1 is 1.00 bits per heavy atom. The average Bonchev–Trinajstić information content (AvgIpc) is 2.38. The molecule has 0 fully saturated rings. The molecule has 0 saturated carbocycles. The summed E-state index contributed by atoms with van der Waals surface area (Å²) in [6.45, 7) is 4.85. The Labute approximate surface area is 109 Å². The minimum Gasteiger partial charge on any atom is -0.344 e. The Kier molecular flexibility index (Phi) is 3.68. The molecule has 0 saturated heterocycles. The van der Waals surface area contributed by atoms with Gasteiger partial charge in [-0.25, -0.2) is 0 Å². The molecule has 2 heteroatoms. The zero-order valence-electron chi connectivity index (χ0n) is 11.3. The molecule has 0 atom stereocenters. The molecule has 0 spiro atoms. The van der Waals surface area contributed by atoms with Crippen molar-refractivity contribution in [3.8, 4) is 0 Å². The molecule has 0 heterocycles. The molecule has 0 bridgehead atoms. The van der Waals surface area contributed by atoms with E-state index < -0.39 is 0 Å². The van der Waals surface area contributed by atoms with Gasteiger partial charge in [-0.1, -0.05) is 29.8 Å². The molecule has 2 aromatic rings. The Morgan fingerprint density at radius 2 is 1.67 bits per heavy atom. The normalized spacial score (nSPS) is 10.4. The van der Waals surface area contributed by atoms with Crippen molar-refractivity contribution in [2.24, 2.45) is 5.73 Å². The van der Waals surface area contributed by atoms with Crippen LogP contribution < -0.4 is 10.6 Å². The fourth-order valence-corrected chi connectivity index (χ4v) is 2.18. The molecule has 2 aromatic carbocycles. The SMILES string of the molecule is Cc1ccc(N(C)c2ccc(CN)cc2)c(C)c1. The van der Waals surface area contributed by atoms with Crippen LogP contribution >= 0.6 is 0 Å². The van der Waals surface area contributed by atoms with Gasteiger partial charge in [0.1, 0.15) is 0 Å². The van der Waals surface area contributed by atoms with E-state index in [-0.39, 0.29) is 0 Å². The van der Waals surface area contributed by atoms with Gasteiger partial charge in [-0.3, -0.25) is 0 Å². The summed E-state index contributed by atoms with van der Waals surface area (Å²) in [5, 5.41) is 0. The number of aryl methyl sites for hydroxylation is 2. The van der Waals surface area contributed by atoms with Crippen molar-refractivity contribution < 1.29 is 0 Å². The second kappa shape index (κ2) is 5.23. The molecule has 94 valence electrons. The van der Waals surface area contributed by atoms with E-state index in [0.29, 0.717) is 6.54 Å². The highest BCUT2D eigenvalue weighted by Gasteiger charge is 2.06. The van der Waals surface area contributed by atoms with E-state index in [1.807, 2.05) is 0 Å². The lowest BCUT2D eigenvalue weighted by molar-refractivity contribution is 1.07. The van der Waals surface area contributed by atoms with Crippen molar-refractivity contribution in [3.05, 3.63) is 59.2 Å². The number of anilines is 2. The van der Waals surface area contributed by atoms with Crippen molar-refractivity contribution in [3.63, 3.8) is 0 Å². The van der Waals surface area contributed by atoms with Gasteiger partial charge in [-0.15, -0.1) is 0 Å². The van der Waals surface area contributed by atoms with Crippen LogP contribution in [0.3, 0.4) is 0 Å². The van der Waals surface area contributed by atoms with E-state index in [2.05, 4.69) is 68.3 Å². The number of hydrogen-bond donors (Lipinski definition) is 1. The highest BCUT2D eigenvalue weighted by Crippen LogP contribution is 2.27. The van der Waals surface area contributed by atoms with Gasteiger partial charge < -0.3 is 10.6 Å². The summed E-state index contributed by atoms with van der Waals surface area (Å²) < 4.78 is 0. The maximum absolute atomic E-state index is 5.61. The minimum atomic E-state index is 0.591. The highest BCUT2D eigenvalue weighted by atomic mass is 15.1. The number of rotatable bonds is 3. The summed E-state index contributed by atoms with van der Waals surface area (Å²) in [7, 11) is 2.09. The zero-order valence-corrected chi connectivity index (χ0v) is 11.3. The largest absolute Gasteiger partial charge is 0.344 e. The molecule has 0 amide bonds. The molecule has 0 aromatic heterocycles. The molecule has 0 aliphatic carbocycles. The van der Waals surface area contributed by atoms with Gasteiger partial charge in [0.2, 0.25) is 0 Å². The lowest BCUT2D eigenvalue weighted by atomic mass is 10.1. The van der Waals surface area contributed by atoms with Crippen LogP contribution in [-0.4, -0.2) is 7.05 Å². The Hall–Kier alpha value is -1.80. The maximum atomic E-state index is 5.61. The number of benzene rings is 2. The summed E-state index contributed by atoms with van der Waals surface area (Å²) in [5.74, 6) is 0. The molecule has 0 radical (unpaired) electrons. The third-order valence-electron chi connectivity index (χ3n) is 3.27. The van der Waals surface area contributed by atoms with Crippen LogP contribution in [0.4, 0.5) is 11.4 Å². The monoisotopic (exact) mass is 240 g/mol. The molecule has 2 N–H and O–H groups in total. The Bertz CT molecular complexity index is 529. The number of nitrogens with two attached hydrogens (primary N) is 1. The van der Waals surface area contributed by atoms with Crippen molar-refractivity contribution in [1.82, 2.24) is 0 Å². The summed E-state index contributed by atoms with van der Waals surface area (Å²) in [6, 6.07) is 14.9. The lowest BCUT2D eigenvalue weighted by Crippen LogP contribution is -2.11. The Morgan fingerprint density at radius 3 is 2.22 bits per heavy atom. The van der Waals surface area contributed by atoms with E-state index in [9.17, 15) is 0 Å². The molecule has 2 nitrogen and oxygen atoms in total. The van der Waals surface area contributed by atoms with E-state index in [4.69, 9.17) is 5.73 Å². The van der Waals surface area contributed by atoms with Gasteiger partial charge in [-0.05, 0) is 43.2 Å². The minimum absolute atomic E-state index is 0.591. The van der Waals surface area contributed by atoms with E-state index >= 15 is 0 Å². The van der Waals surface area contributed by atoms with Crippen molar-refractivity contribution >= 4 is 11.4 Å². The first-order valence-electron chi connectivity index (χ1n) is 6.22. The molecular weight excluding hydrogens is 220 g/mol. The van der Waals surface area contributed by atoms with Crippen LogP contribution in [0.15, 0.2) is 42.5 Å². The topological polar surface area (TPSA) is 29.3 Å². The van der Waals surface area contributed by atoms with Crippen LogP contribution in [0.25, 0.3) is 0 Å². The molecule has 0 unspecified atom stereocenters. The summed E-state index contributed by atoms with van der Waals surface area (Å²) in [4.78, 5) is 2.20. The Balaban J connectivity index is 2.31. The predicted molar refractivity (Wildman–Crippen MR) is 78.3 cm³/mol. The first kappa shape index (κ1) is 12.7. The van der Waals surface area contributed by atoms with Gasteiger partial charge in [0.15, 0.2) is 0 Å². The van der Waals surface area contributed by atoms with Gasteiger partial charge in [-0.2, -0.15) is 0 Å². The van der Waals surface area contributed by atoms with Gasteiger partial charge in [0, 0.05) is 25.0 Å². The molecule has 2 rings (SSSR count). The third kappa shape index (κ3) is 2.54. The first-order valence-corrected chi connectivity index (χ1v) is 6.22. The van der Waals surface area contributed by atoms with Crippen LogP contribution in [0.2, 0.25) is 0 Å². The van der Waals surface area contributed by atoms with Crippen LogP contribution in [-0.2, 0) is 6.54 Å². The number of hydrogen-bond acceptors (Lipinski definition) is 2. The first-order chi connectivity index (χ1) is 8.61. The smallest absolute Gasteiger partial charge is 0.0437 e. The van der Waals surface area contributed by atoms with E-state index in [1.165, 1.54) is 22.5 Å². The van der Waals surface area contributed by atoms with Crippen LogP contribution in [0.1, 0.15) is 16.7 Å². The second-order valence-electron chi connectivity index (χ2n) is 4.72. The molecule has 0 aliphatic rings. The lowest BCUT2D eigenvalue weighted by Gasteiger charge is -2.22. The summed E-state index contributed by atoms with van der Waals surface area (Å²) in [5.41, 5.74) is 11.8. The van der Waals surface area contributed by atoms with E-state index in [0.717, 1.165) is 5.56 Å². The van der Waals surface area contributed by atoms with Crippen LogP contribution in [0.5, 0.6) is 0 Å². The molecular formula is C16H20N2. The van der Waals surface area contributed by atoms with Gasteiger partial charge in [0.05, 0.1) is 0 Å². The molecule has 0 aliphatic heterocycles. The van der Waals surface area contributed by atoms with Crippen molar-refractivity contribution in [2.75, 3.05) is 11.9 Å². The number of nitrogens with zero attached hydrogens (tertiary/aromatic N) is 1. The van der Waals surface area contributed by atoms with Gasteiger partial charge >= 0.3 is 0 Å². The fraction of sp³-hybridized carbons (Fsp3) is 0.250. The fourth-order valence-electron chi connectivity index (χ4n) is 2.18. The highest BCUT2D eigenvalue weighted by molar-refractivity contribution is 5.66. The second-order valence-corrected chi connectivity index (χ2v) is 4.72. The molecule has 18 heavy (non-hydrogen) atoms. The van der Waals surface area contributed by atoms with E-state index in [1.54, 1.807) is 0 Å². The quantitative estimate of drug-likeness (QED) is 0.889. The average molecular weight is 240 g/mol. The maximum Gasteiger partial charge on any atom is 0.0437 e. The summed E-state index contributed by atoms with van der Waals surface area (Å²) in [6.07, 6.45) is 0. The van der Waals surface area contributed by atoms with Crippen molar-refractivity contribution in [1.29, 1.82) is 0 Å². The zero-order chi connectivity index (χ0) is 13.1.